The molecule has 0 spiro atoms. The van der Waals surface area contributed by atoms with Gasteiger partial charge < -0.3 is 5.32 Å². The molecule has 1 amide bonds. The summed E-state index contributed by atoms with van der Waals surface area (Å²) in [6.07, 6.45) is 0.675. The van der Waals surface area contributed by atoms with E-state index < -0.39 is 0 Å². The average Bonchev–Trinajstić information content (AvgIpc) is 2.55. The summed E-state index contributed by atoms with van der Waals surface area (Å²) in [6.45, 7) is 0. The van der Waals surface area contributed by atoms with Gasteiger partial charge in [-0.25, -0.2) is 0 Å². The zero-order valence-corrected chi connectivity index (χ0v) is 12.2. The lowest BCUT2D eigenvalue weighted by Gasteiger charge is -2.16. The fourth-order valence-electron chi connectivity index (χ4n) is 2.04. The largest absolute Gasteiger partial charge is 0.348 e. The summed E-state index contributed by atoms with van der Waals surface area (Å²) in [5, 5.41) is 11.8. The van der Waals surface area contributed by atoms with Crippen LogP contribution in [0.5, 0.6) is 0 Å². The third-order valence-electron chi connectivity index (χ3n) is 3.10. The lowest BCUT2D eigenvalue weighted by Crippen LogP contribution is -2.37. The van der Waals surface area contributed by atoms with Crippen LogP contribution in [0.25, 0.3) is 0 Å². The smallest absolute Gasteiger partial charge is 0.251 e. The maximum absolute atomic E-state index is 12.2. The van der Waals surface area contributed by atoms with Crippen LogP contribution in [0.15, 0.2) is 54.6 Å². The molecule has 0 aliphatic heterocycles. The number of hydrogen-bond donors (Lipinski definition) is 1. The van der Waals surface area contributed by atoms with Gasteiger partial charge in [-0.3, -0.25) is 4.79 Å². The van der Waals surface area contributed by atoms with Crippen LogP contribution in [0, 0.1) is 11.3 Å². The lowest BCUT2D eigenvalue weighted by molar-refractivity contribution is 0.0940. The number of benzene rings is 2. The van der Waals surface area contributed by atoms with E-state index in [2.05, 4.69) is 5.32 Å². The Morgan fingerprint density at radius 2 is 1.95 bits per heavy atom. The number of nitrogens with one attached hydrogen (secondary N) is 1. The number of nitriles is 1. The van der Waals surface area contributed by atoms with Crippen molar-refractivity contribution in [2.45, 2.75) is 12.5 Å². The first-order chi connectivity index (χ1) is 10.2. The van der Waals surface area contributed by atoms with Crippen molar-refractivity contribution in [1.82, 2.24) is 5.32 Å². The Balaban J connectivity index is 2.04. The minimum atomic E-state index is -0.214. The van der Waals surface area contributed by atoms with Crippen LogP contribution in [0.1, 0.15) is 21.5 Å². The second kappa shape index (κ2) is 7.47. The highest BCUT2D eigenvalue weighted by Gasteiger charge is 2.13. The zero-order valence-electron chi connectivity index (χ0n) is 11.4. The van der Waals surface area contributed by atoms with Gasteiger partial charge in [0.05, 0.1) is 11.6 Å². The van der Waals surface area contributed by atoms with Crippen LogP contribution in [0.2, 0.25) is 0 Å². The van der Waals surface area contributed by atoms with Crippen molar-refractivity contribution in [2.75, 3.05) is 5.88 Å². The van der Waals surface area contributed by atoms with Gasteiger partial charge in [0.2, 0.25) is 0 Å². The van der Waals surface area contributed by atoms with Gasteiger partial charge in [0.25, 0.3) is 5.91 Å². The molecule has 106 valence electrons. The number of amides is 1. The third-order valence-corrected chi connectivity index (χ3v) is 3.47. The number of hydrogen-bond acceptors (Lipinski definition) is 2. The summed E-state index contributed by atoms with van der Waals surface area (Å²) >= 11 is 5.94. The van der Waals surface area contributed by atoms with Gasteiger partial charge in [-0.2, -0.15) is 5.26 Å². The number of rotatable bonds is 5. The van der Waals surface area contributed by atoms with Crippen LogP contribution in [0.3, 0.4) is 0 Å². The Bertz CT molecular complexity index is 649. The Morgan fingerprint density at radius 1 is 1.19 bits per heavy atom. The van der Waals surface area contributed by atoms with Crippen molar-refractivity contribution >= 4 is 17.5 Å². The number of halogens is 1. The number of alkyl halides is 1. The van der Waals surface area contributed by atoms with E-state index in [1.807, 2.05) is 36.4 Å². The second-order valence-corrected chi connectivity index (χ2v) is 5.02. The van der Waals surface area contributed by atoms with Gasteiger partial charge in [-0.15, -0.1) is 11.6 Å². The molecule has 0 aliphatic carbocycles. The Kier molecular flexibility index (Phi) is 5.36. The van der Waals surface area contributed by atoms with E-state index in [4.69, 9.17) is 16.9 Å². The van der Waals surface area contributed by atoms with E-state index in [1.165, 1.54) is 0 Å². The summed E-state index contributed by atoms with van der Waals surface area (Å²) in [5.74, 6) is 0.118. The SMILES string of the molecule is N#Cc1cccc(C(=O)NC(CCl)Cc2ccccc2)c1. The van der Waals surface area contributed by atoms with Crippen molar-refractivity contribution in [2.24, 2.45) is 0 Å². The Morgan fingerprint density at radius 3 is 2.62 bits per heavy atom. The van der Waals surface area contributed by atoms with Crippen LogP contribution < -0.4 is 5.32 Å². The molecule has 2 aromatic carbocycles. The van der Waals surface area contributed by atoms with Gasteiger partial charge in [0.15, 0.2) is 0 Å². The van der Waals surface area contributed by atoms with E-state index >= 15 is 0 Å². The highest BCUT2D eigenvalue weighted by molar-refractivity contribution is 6.18. The summed E-state index contributed by atoms with van der Waals surface area (Å²) in [4.78, 5) is 12.2. The first-order valence-electron chi connectivity index (χ1n) is 6.64. The van der Waals surface area contributed by atoms with E-state index in [0.29, 0.717) is 23.4 Å². The number of carbonyl (C=O) groups excluding carboxylic acids is 1. The molecule has 21 heavy (non-hydrogen) atoms. The highest BCUT2D eigenvalue weighted by atomic mass is 35.5. The van der Waals surface area contributed by atoms with E-state index in [-0.39, 0.29) is 11.9 Å². The average molecular weight is 299 g/mol. The van der Waals surface area contributed by atoms with Gasteiger partial charge in [-0.05, 0) is 30.2 Å². The van der Waals surface area contributed by atoms with Gasteiger partial charge in [-0.1, -0.05) is 36.4 Å². The molecule has 0 heterocycles. The van der Waals surface area contributed by atoms with Crippen molar-refractivity contribution in [3.05, 3.63) is 71.3 Å². The Hall–Kier alpha value is -2.31. The molecule has 0 radical (unpaired) electrons. The fourth-order valence-corrected chi connectivity index (χ4v) is 2.23. The minimum absolute atomic E-state index is 0.146. The number of nitrogens with zero attached hydrogens (tertiary/aromatic N) is 1. The maximum atomic E-state index is 12.2. The van der Waals surface area contributed by atoms with Crippen molar-refractivity contribution in [1.29, 1.82) is 5.26 Å². The zero-order chi connectivity index (χ0) is 15.1. The molecule has 4 heteroatoms. The molecule has 0 saturated carbocycles. The molecule has 2 aromatic rings. The standard InChI is InChI=1S/C17H15ClN2O/c18-11-16(10-13-5-2-1-3-6-13)20-17(21)15-8-4-7-14(9-15)12-19/h1-9,16H,10-11H2,(H,20,21). The van der Waals surface area contributed by atoms with Gasteiger partial charge in [0, 0.05) is 17.5 Å². The molecular weight excluding hydrogens is 284 g/mol. The normalized spacial score (nSPS) is 11.4. The maximum Gasteiger partial charge on any atom is 0.251 e. The van der Waals surface area contributed by atoms with Crippen LogP contribution in [-0.4, -0.2) is 17.8 Å². The van der Waals surface area contributed by atoms with Crippen molar-refractivity contribution in [3.8, 4) is 6.07 Å². The van der Waals surface area contributed by atoms with Crippen LogP contribution >= 0.6 is 11.6 Å². The highest BCUT2D eigenvalue weighted by Crippen LogP contribution is 2.08. The van der Waals surface area contributed by atoms with E-state index in [0.717, 1.165) is 5.56 Å². The van der Waals surface area contributed by atoms with Gasteiger partial charge >= 0.3 is 0 Å². The van der Waals surface area contributed by atoms with Crippen LogP contribution in [0.4, 0.5) is 0 Å². The molecule has 1 atom stereocenters. The molecule has 0 saturated heterocycles. The molecule has 1 unspecified atom stereocenters. The number of carbonyl (C=O) groups is 1. The van der Waals surface area contributed by atoms with Crippen molar-refractivity contribution < 1.29 is 4.79 Å². The summed E-state index contributed by atoms with van der Waals surface area (Å²) < 4.78 is 0. The monoisotopic (exact) mass is 298 g/mol. The lowest BCUT2D eigenvalue weighted by atomic mass is 10.1. The molecular formula is C17H15ClN2O. The van der Waals surface area contributed by atoms with Crippen LogP contribution in [-0.2, 0) is 6.42 Å². The molecule has 0 aromatic heterocycles. The van der Waals surface area contributed by atoms with Crippen molar-refractivity contribution in [3.63, 3.8) is 0 Å². The Labute approximate surface area is 129 Å². The van der Waals surface area contributed by atoms with E-state index in [1.54, 1.807) is 24.3 Å². The van der Waals surface area contributed by atoms with Gasteiger partial charge in [0.1, 0.15) is 0 Å². The molecule has 0 bridgehead atoms. The fraction of sp³-hybridized carbons (Fsp3) is 0.176. The molecule has 3 nitrogen and oxygen atoms in total. The second-order valence-electron chi connectivity index (χ2n) is 4.71. The molecule has 0 aliphatic rings. The summed E-state index contributed by atoms with van der Waals surface area (Å²) in [5.41, 5.74) is 2.06. The predicted molar refractivity (Wildman–Crippen MR) is 83.3 cm³/mol. The predicted octanol–water partition coefficient (Wildman–Crippen LogP) is 3.14. The topological polar surface area (TPSA) is 52.9 Å². The minimum Gasteiger partial charge on any atom is -0.348 e. The third kappa shape index (κ3) is 4.34. The molecule has 1 N–H and O–H groups in total. The first kappa shape index (κ1) is 15.1. The molecule has 2 rings (SSSR count). The first-order valence-corrected chi connectivity index (χ1v) is 7.17. The summed E-state index contributed by atoms with van der Waals surface area (Å²) in [6, 6.07) is 18.4. The van der Waals surface area contributed by atoms with E-state index in [9.17, 15) is 4.79 Å². The molecule has 0 fully saturated rings. The quantitative estimate of drug-likeness (QED) is 0.862. The summed E-state index contributed by atoms with van der Waals surface area (Å²) in [7, 11) is 0.